The molecule has 0 atom stereocenters. The number of nitrogens with zero attached hydrogens (tertiary/aromatic N) is 4. The first-order valence-corrected chi connectivity index (χ1v) is 9.43. The van der Waals surface area contributed by atoms with Gasteiger partial charge in [-0.1, -0.05) is 48.7 Å². The maximum Gasteiger partial charge on any atom is 0.231 e. The highest BCUT2D eigenvalue weighted by Gasteiger charge is 2.33. The van der Waals surface area contributed by atoms with Crippen molar-refractivity contribution in [2.24, 2.45) is 0 Å². The van der Waals surface area contributed by atoms with Crippen molar-refractivity contribution < 1.29 is 4.79 Å². The summed E-state index contributed by atoms with van der Waals surface area (Å²) in [7, 11) is 0. The third-order valence-electron chi connectivity index (χ3n) is 4.46. The van der Waals surface area contributed by atoms with E-state index in [1.807, 2.05) is 35.8 Å². The molecule has 25 heavy (non-hydrogen) atoms. The molecule has 6 nitrogen and oxygen atoms in total. The van der Waals surface area contributed by atoms with Crippen molar-refractivity contribution in [3.05, 3.63) is 36.2 Å². The van der Waals surface area contributed by atoms with Crippen LogP contribution in [0.2, 0.25) is 0 Å². The predicted octanol–water partition coefficient (Wildman–Crippen LogP) is 3.01. The van der Waals surface area contributed by atoms with Gasteiger partial charge < -0.3 is 5.32 Å². The fourth-order valence-electron chi connectivity index (χ4n) is 3.06. The number of hydrogen-bond acceptors (Lipinski definition) is 5. The molecule has 0 spiro atoms. The van der Waals surface area contributed by atoms with Crippen molar-refractivity contribution in [1.82, 2.24) is 20.1 Å². The summed E-state index contributed by atoms with van der Waals surface area (Å²) < 4.78 is 1.86. The molecule has 3 rings (SSSR count). The molecule has 1 aromatic carbocycles. The van der Waals surface area contributed by atoms with Gasteiger partial charge in [0.05, 0.1) is 11.8 Å². The average Bonchev–Trinajstić information content (AvgIpc) is 3.10. The molecule has 1 aliphatic rings. The summed E-state index contributed by atoms with van der Waals surface area (Å²) in [5.41, 5.74) is 1.44. The second-order valence-electron chi connectivity index (χ2n) is 6.41. The number of nitrogens with one attached hydrogen (secondary N) is 1. The Balaban J connectivity index is 1.62. The zero-order valence-electron chi connectivity index (χ0n) is 14.2. The van der Waals surface area contributed by atoms with E-state index in [-0.39, 0.29) is 11.7 Å². The lowest BCUT2D eigenvalue weighted by molar-refractivity contribution is -0.120. The number of amides is 1. The third kappa shape index (κ3) is 4.20. The fourth-order valence-corrected chi connectivity index (χ4v) is 3.79. The van der Waals surface area contributed by atoms with Gasteiger partial charge in [0.1, 0.15) is 11.9 Å². The molecule has 0 radical (unpaired) electrons. The third-order valence-corrected chi connectivity index (χ3v) is 5.40. The van der Waals surface area contributed by atoms with Gasteiger partial charge in [-0.25, -0.2) is 0 Å². The lowest BCUT2D eigenvalue weighted by atomic mass is 9.83. The van der Waals surface area contributed by atoms with Crippen LogP contribution in [0.25, 0.3) is 5.69 Å². The summed E-state index contributed by atoms with van der Waals surface area (Å²) in [6, 6.07) is 10.3. The minimum atomic E-state index is -0.694. The molecule has 1 N–H and O–H groups in total. The first-order valence-electron chi connectivity index (χ1n) is 8.44. The lowest BCUT2D eigenvalue weighted by Crippen LogP contribution is -2.49. The fraction of sp³-hybridized carbons (Fsp3) is 0.444. The van der Waals surface area contributed by atoms with Gasteiger partial charge in [0, 0.05) is 5.69 Å². The largest absolute Gasteiger partial charge is 0.337 e. The van der Waals surface area contributed by atoms with E-state index in [0.29, 0.717) is 5.16 Å². The Hall–Kier alpha value is -2.33. The van der Waals surface area contributed by atoms with Crippen LogP contribution in [-0.4, -0.2) is 32.0 Å². The standard InChI is InChI=1S/C18H21N5OS/c1-14-5-7-15(8-6-14)23-13-20-22-17(23)25-11-16(24)21-18(12-19)9-3-2-4-10-18/h5-8,13H,2-4,9-11H2,1H3,(H,21,24). The number of carbonyl (C=O) groups is 1. The molecule has 1 heterocycles. The molecule has 1 aliphatic carbocycles. The number of hydrogen-bond donors (Lipinski definition) is 1. The maximum atomic E-state index is 12.3. The molecule has 0 unspecified atom stereocenters. The van der Waals surface area contributed by atoms with Gasteiger partial charge in [-0.15, -0.1) is 10.2 Å². The molecule has 130 valence electrons. The minimum absolute atomic E-state index is 0.132. The normalized spacial score (nSPS) is 16.2. The number of aryl methyl sites for hydroxylation is 1. The van der Waals surface area contributed by atoms with Crippen LogP contribution in [0.4, 0.5) is 0 Å². The maximum absolute atomic E-state index is 12.3. The Kier molecular flexibility index (Phi) is 5.39. The summed E-state index contributed by atoms with van der Waals surface area (Å²) in [5.74, 6) is 0.0838. The van der Waals surface area contributed by atoms with Crippen molar-refractivity contribution >= 4 is 17.7 Å². The first-order chi connectivity index (χ1) is 12.1. The van der Waals surface area contributed by atoms with E-state index in [1.54, 1.807) is 6.33 Å². The Bertz CT molecular complexity index is 772. The van der Waals surface area contributed by atoms with E-state index in [1.165, 1.54) is 17.3 Å². The molecule has 1 saturated carbocycles. The van der Waals surface area contributed by atoms with Crippen molar-refractivity contribution in [3.63, 3.8) is 0 Å². The average molecular weight is 355 g/mol. The molecule has 0 saturated heterocycles. The van der Waals surface area contributed by atoms with Crippen LogP contribution in [0, 0.1) is 18.3 Å². The predicted molar refractivity (Wildman–Crippen MR) is 96.4 cm³/mol. The summed E-state index contributed by atoms with van der Waals surface area (Å²) in [4.78, 5) is 12.3. The number of carbonyl (C=O) groups excluding carboxylic acids is 1. The van der Waals surface area contributed by atoms with Crippen LogP contribution in [0.3, 0.4) is 0 Å². The Morgan fingerprint density at radius 3 is 2.72 bits per heavy atom. The number of nitriles is 1. The van der Waals surface area contributed by atoms with E-state index < -0.39 is 5.54 Å². The van der Waals surface area contributed by atoms with Gasteiger partial charge in [0.25, 0.3) is 0 Å². The quantitative estimate of drug-likeness (QED) is 0.834. The van der Waals surface area contributed by atoms with Gasteiger partial charge in [-0.05, 0) is 31.9 Å². The van der Waals surface area contributed by atoms with Gasteiger partial charge in [-0.2, -0.15) is 5.26 Å². The summed E-state index contributed by atoms with van der Waals surface area (Å²) in [5, 5.41) is 21.1. The molecular weight excluding hydrogens is 334 g/mol. The van der Waals surface area contributed by atoms with Crippen LogP contribution in [0.15, 0.2) is 35.7 Å². The number of benzene rings is 1. The molecule has 1 amide bonds. The zero-order chi connectivity index (χ0) is 17.7. The van der Waals surface area contributed by atoms with Crippen LogP contribution >= 0.6 is 11.8 Å². The van der Waals surface area contributed by atoms with E-state index >= 15 is 0 Å². The summed E-state index contributed by atoms with van der Waals surface area (Å²) >= 11 is 1.33. The molecule has 0 bridgehead atoms. The van der Waals surface area contributed by atoms with E-state index in [9.17, 15) is 10.1 Å². The topological polar surface area (TPSA) is 83.6 Å². The number of thioether (sulfide) groups is 1. The Morgan fingerprint density at radius 1 is 1.32 bits per heavy atom. The highest BCUT2D eigenvalue weighted by atomic mass is 32.2. The SMILES string of the molecule is Cc1ccc(-n2cnnc2SCC(=O)NC2(C#N)CCCCC2)cc1. The van der Waals surface area contributed by atoms with Crippen molar-refractivity contribution in [1.29, 1.82) is 5.26 Å². The van der Waals surface area contributed by atoms with Crippen LogP contribution in [0.5, 0.6) is 0 Å². The lowest BCUT2D eigenvalue weighted by Gasteiger charge is -2.31. The summed E-state index contributed by atoms with van der Waals surface area (Å²) in [6.07, 6.45) is 6.22. The molecular formula is C18H21N5OS. The Labute approximate surface area is 151 Å². The number of aromatic nitrogens is 3. The molecule has 1 aromatic heterocycles. The second kappa shape index (κ2) is 7.70. The monoisotopic (exact) mass is 355 g/mol. The van der Waals surface area contributed by atoms with Gasteiger partial charge in [0.2, 0.25) is 5.91 Å². The van der Waals surface area contributed by atoms with Crippen LogP contribution in [0.1, 0.15) is 37.7 Å². The van der Waals surface area contributed by atoms with Crippen molar-refractivity contribution in [2.45, 2.75) is 49.7 Å². The molecule has 7 heteroatoms. The van der Waals surface area contributed by atoms with Crippen LogP contribution < -0.4 is 5.32 Å². The van der Waals surface area contributed by atoms with E-state index in [0.717, 1.165) is 37.8 Å². The second-order valence-corrected chi connectivity index (χ2v) is 7.35. The van der Waals surface area contributed by atoms with Gasteiger partial charge in [-0.3, -0.25) is 9.36 Å². The Morgan fingerprint density at radius 2 is 2.04 bits per heavy atom. The smallest absolute Gasteiger partial charge is 0.231 e. The van der Waals surface area contributed by atoms with E-state index in [4.69, 9.17) is 0 Å². The molecule has 2 aromatic rings. The van der Waals surface area contributed by atoms with Crippen molar-refractivity contribution in [3.8, 4) is 11.8 Å². The number of rotatable bonds is 5. The minimum Gasteiger partial charge on any atom is -0.337 e. The van der Waals surface area contributed by atoms with Crippen LogP contribution in [-0.2, 0) is 4.79 Å². The van der Waals surface area contributed by atoms with Gasteiger partial charge >= 0.3 is 0 Å². The van der Waals surface area contributed by atoms with E-state index in [2.05, 4.69) is 21.6 Å². The highest BCUT2D eigenvalue weighted by molar-refractivity contribution is 7.99. The zero-order valence-corrected chi connectivity index (χ0v) is 15.1. The molecule has 0 aliphatic heterocycles. The van der Waals surface area contributed by atoms with Gasteiger partial charge in [0.15, 0.2) is 5.16 Å². The first kappa shape index (κ1) is 17.5. The summed E-state index contributed by atoms with van der Waals surface area (Å²) in [6.45, 7) is 2.03. The highest BCUT2D eigenvalue weighted by Crippen LogP contribution is 2.28. The molecule has 1 fully saturated rings. The van der Waals surface area contributed by atoms with Crippen molar-refractivity contribution in [2.75, 3.05) is 5.75 Å².